The van der Waals surface area contributed by atoms with Gasteiger partial charge in [0.15, 0.2) is 5.16 Å². The van der Waals surface area contributed by atoms with Crippen LogP contribution in [0.5, 0.6) is 5.75 Å². The van der Waals surface area contributed by atoms with Gasteiger partial charge in [-0.3, -0.25) is 4.79 Å². The summed E-state index contributed by atoms with van der Waals surface area (Å²) in [4.78, 5) is 12.1. The number of hydrogen-bond donors (Lipinski definition) is 1. The molecule has 0 saturated heterocycles. The SMILES string of the molecule is COc1ccc(Cc2nnc(SCC(=O)Nc3ccc(Cl)cc3)n2C)cc1. The molecule has 0 spiro atoms. The van der Waals surface area contributed by atoms with Crippen LogP contribution in [0.25, 0.3) is 0 Å². The van der Waals surface area contributed by atoms with Crippen LogP contribution in [0.3, 0.4) is 0 Å². The van der Waals surface area contributed by atoms with Gasteiger partial charge in [0.05, 0.1) is 12.9 Å². The number of benzene rings is 2. The first-order chi connectivity index (χ1) is 13.0. The summed E-state index contributed by atoms with van der Waals surface area (Å²) < 4.78 is 7.08. The molecule has 1 heterocycles. The van der Waals surface area contributed by atoms with Crippen molar-refractivity contribution in [3.05, 3.63) is 64.9 Å². The molecule has 0 unspecified atom stereocenters. The number of aromatic nitrogens is 3. The van der Waals surface area contributed by atoms with Gasteiger partial charge in [-0.25, -0.2) is 0 Å². The molecular formula is C19H19ClN4O2S. The number of rotatable bonds is 7. The van der Waals surface area contributed by atoms with Gasteiger partial charge in [0, 0.05) is 24.2 Å². The first-order valence-electron chi connectivity index (χ1n) is 8.24. The average Bonchev–Trinajstić information content (AvgIpc) is 3.02. The normalized spacial score (nSPS) is 10.6. The average molecular weight is 403 g/mol. The van der Waals surface area contributed by atoms with Crippen molar-refractivity contribution in [3.8, 4) is 5.75 Å². The third-order valence-electron chi connectivity index (χ3n) is 3.91. The van der Waals surface area contributed by atoms with E-state index in [1.165, 1.54) is 11.8 Å². The number of anilines is 1. The van der Waals surface area contributed by atoms with E-state index >= 15 is 0 Å². The quantitative estimate of drug-likeness (QED) is 0.609. The van der Waals surface area contributed by atoms with Gasteiger partial charge in [-0.15, -0.1) is 10.2 Å². The number of thioether (sulfide) groups is 1. The molecule has 0 atom stereocenters. The third-order valence-corrected chi connectivity index (χ3v) is 5.18. The van der Waals surface area contributed by atoms with Crippen LogP contribution in [-0.4, -0.2) is 33.5 Å². The van der Waals surface area contributed by atoms with Crippen LogP contribution in [0, 0.1) is 0 Å². The third kappa shape index (κ3) is 5.24. The Kier molecular flexibility index (Phi) is 6.36. The highest BCUT2D eigenvalue weighted by molar-refractivity contribution is 7.99. The summed E-state index contributed by atoms with van der Waals surface area (Å²) in [7, 11) is 3.54. The Morgan fingerprint density at radius 3 is 2.52 bits per heavy atom. The molecule has 27 heavy (non-hydrogen) atoms. The number of halogens is 1. The van der Waals surface area contributed by atoms with Crippen molar-refractivity contribution in [2.45, 2.75) is 11.6 Å². The van der Waals surface area contributed by atoms with Gasteiger partial charge < -0.3 is 14.6 Å². The fourth-order valence-corrected chi connectivity index (χ4v) is 3.27. The van der Waals surface area contributed by atoms with Crippen molar-refractivity contribution < 1.29 is 9.53 Å². The van der Waals surface area contributed by atoms with Gasteiger partial charge in [-0.2, -0.15) is 0 Å². The zero-order chi connectivity index (χ0) is 19.2. The maximum atomic E-state index is 12.1. The van der Waals surface area contributed by atoms with E-state index in [4.69, 9.17) is 16.3 Å². The number of ether oxygens (including phenoxy) is 1. The van der Waals surface area contributed by atoms with Crippen LogP contribution in [0.4, 0.5) is 5.69 Å². The minimum Gasteiger partial charge on any atom is -0.497 e. The number of carbonyl (C=O) groups excluding carboxylic acids is 1. The minimum atomic E-state index is -0.109. The predicted molar refractivity (Wildman–Crippen MR) is 108 cm³/mol. The molecule has 8 heteroatoms. The van der Waals surface area contributed by atoms with Gasteiger partial charge in [0.25, 0.3) is 0 Å². The van der Waals surface area contributed by atoms with E-state index < -0.39 is 0 Å². The Hall–Kier alpha value is -2.51. The second-order valence-corrected chi connectivity index (χ2v) is 7.21. The Labute approximate surface area is 166 Å². The summed E-state index contributed by atoms with van der Waals surface area (Å²) in [5, 5.41) is 12.6. The van der Waals surface area contributed by atoms with Crippen LogP contribution >= 0.6 is 23.4 Å². The van der Waals surface area contributed by atoms with Crippen molar-refractivity contribution in [2.24, 2.45) is 7.05 Å². The van der Waals surface area contributed by atoms with Gasteiger partial charge in [-0.05, 0) is 42.0 Å². The predicted octanol–water partition coefficient (Wildman–Crippen LogP) is 3.80. The summed E-state index contributed by atoms with van der Waals surface area (Å²) in [6.45, 7) is 0. The molecule has 0 radical (unpaired) electrons. The lowest BCUT2D eigenvalue weighted by molar-refractivity contribution is -0.113. The molecule has 140 valence electrons. The lowest BCUT2D eigenvalue weighted by atomic mass is 10.1. The van der Waals surface area contributed by atoms with Crippen molar-refractivity contribution >= 4 is 35.0 Å². The first-order valence-corrected chi connectivity index (χ1v) is 9.61. The smallest absolute Gasteiger partial charge is 0.234 e. The van der Waals surface area contributed by atoms with E-state index in [0.29, 0.717) is 22.3 Å². The fourth-order valence-electron chi connectivity index (χ4n) is 2.41. The molecule has 0 aliphatic carbocycles. The fraction of sp³-hybridized carbons (Fsp3) is 0.211. The number of nitrogens with zero attached hydrogens (tertiary/aromatic N) is 3. The van der Waals surface area contributed by atoms with E-state index in [2.05, 4.69) is 15.5 Å². The summed E-state index contributed by atoms with van der Waals surface area (Å²) in [5.74, 6) is 1.79. The number of nitrogens with one attached hydrogen (secondary N) is 1. The van der Waals surface area contributed by atoms with Gasteiger partial charge in [0.2, 0.25) is 5.91 Å². The van der Waals surface area contributed by atoms with Gasteiger partial charge in [-0.1, -0.05) is 35.5 Å². The van der Waals surface area contributed by atoms with E-state index in [9.17, 15) is 4.79 Å². The number of methoxy groups -OCH3 is 1. The Morgan fingerprint density at radius 2 is 1.85 bits per heavy atom. The number of hydrogen-bond acceptors (Lipinski definition) is 5. The van der Waals surface area contributed by atoms with Crippen molar-refractivity contribution in [1.82, 2.24) is 14.8 Å². The largest absolute Gasteiger partial charge is 0.497 e. The molecule has 6 nitrogen and oxygen atoms in total. The lowest BCUT2D eigenvalue weighted by Crippen LogP contribution is -2.14. The Balaban J connectivity index is 1.56. The number of carbonyl (C=O) groups is 1. The molecule has 0 bridgehead atoms. The topological polar surface area (TPSA) is 69.0 Å². The van der Waals surface area contributed by atoms with Crippen LogP contribution in [0.2, 0.25) is 5.02 Å². The molecule has 3 aromatic rings. The highest BCUT2D eigenvalue weighted by atomic mass is 35.5. The number of amides is 1. The van der Waals surface area contributed by atoms with E-state index in [1.54, 1.807) is 31.4 Å². The minimum absolute atomic E-state index is 0.109. The van der Waals surface area contributed by atoms with E-state index in [-0.39, 0.29) is 11.7 Å². The summed E-state index contributed by atoms with van der Waals surface area (Å²) in [5.41, 5.74) is 1.83. The molecule has 0 aliphatic heterocycles. The van der Waals surface area contributed by atoms with Crippen molar-refractivity contribution in [1.29, 1.82) is 0 Å². The van der Waals surface area contributed by atoms with Crippen molar-refractivity contribution in [2.75, 3.05) is 18.2 Å². The monoisotopic (exact) mass is 402 g/mol. The molecule has 1 N–H and O–H groups in total. The maximum absolute atomic E-state index is 12.1. The highest BCUT2D eigenvalue weighted by Crippen LogP contribution is 2.19. The molecule has 3 rings (SSSR count). The van der Waals surface area contributed by atoms with Gasteiger partial charge in [0.1, 0.15) is 11.6 Å². The molecular weight excluding hydrogens is 384 g/mol. The maximum Gasteiger partial charge on any atom is 0.234 e. The zero-order valence-electron chi connectivity index (χ0n) is 15.0. The zero-order valence-corrected chi connectivity index (χ0v) is 16.5. The van der Waals surface area contributed by atoms with Crippen LogP contribution < -0.4 is 10.1 Å². The molecule has 2 aromatic carbocycles. The van der Waals surface area contributed by atoms with Crippen LogP contribution in [-0.2, 0) is 18.3 Å². The van der Waals surface area contributed by atoms with Crippen molar-refractivity contribution in [3.63, 3.8) is 0 Å². The standard InChI is InChI=1S/C19H19ClN4O2S/c1-24-17(11-13-3-9-16(26-2)10-4-13)22-23-19(24)27-12-18(25)21-15-7-5-14(20)6-8-15/h3-10H,11-12H2,1-2H3,(H,21,25). The Bertz CT molecular complexity index is 910. The van der Waals surface area contributed by atoms with E-state index in [1.807, 2.05) is 35.9 Å². The molecule has 0 fully saturated rings. The second kappa shape index (κ2) is 8.92. The van der Waals surface area contributed by atoms with E-state index in [0.717, 1.165) is 17.1 Å². The summed E-state index contributed by atoms with van der Waals surface area (Å²) in [6, 6.07) is 14.8. The summed E-state index contributed by atoms with van der Waals surface area (Å²) >= 11 is 7.19. The highest BCUT2D eigenvalue weighted by Gasteiger charge is 2.12. The molecule has 1 amide bonds. The summed E-state index contributed by atoms with van der Waals surface area (Å²) in [6.07, 6.45) is 0.658. The Morgan fingerprint density at radius 1 is 1.15 bits per heavy atom. The van der Waals surface area contributed by atoms with Crippen LogP contribution in [0.15, 0.2) is 53.7 Å². The molecule has 0 saturated carbocycles. The first kappa shape index (κ1) is 19.3. The van der Waals surface area contributed by atoms with Crippen LogP contribution in [0.1, 0.15) is 11.4 Å². The lowest BCUT2D eigenvalue weighted by Gasteiger charge is -2.06. The molecule has 1 aromatic heterocycles. The second-order valence-electron chi connectivity index (χ2n) is 5.83. The molecule has 0 aliphatic rings. The van der Waals surface area contributed by atoms with Gasteiger partial charge >= 0.3 is 0 Å².